The van der Waals surface area contributed by atoms with Gasteiger partial charge >= 0.3 is 0 Å². The first-order valence-corrected chi connectivity index (χ1v) is 14.2. The molecule has 2 bridgehead atoms. The summed E-state index contributed by atoms with van der Waals surface area (Å²) in [6.07, 6.45) is 8.42. The summed E-state index contributed by atoms with van der Waals surface area (Å²) in [6, 6.07) is 6.16. The number of hydrogen-bond acceptors (Lipinski definition) is 6. The number of likely N-dealkylation sites (tertiary alicyclic amines) is 1. The van der Waals surface area contributed by atoms with E-state index in [0.717, 1.165) is 38.8 Å². The van der Waals surface area contributed by atoms with Crippen molar-refractivity contribution in [2.75, 3.05) is 44.7 Å². The van der Waals surface area contributed by atoms with Gasteiger partial charge in [0.05, 0.1) is 31.2 Å². The van der Waals surface area contributed by atoms with Gasteiger partial charge in [0, 0.05) is 42.9 Å². The Kier molecular flexibility index (Phi) is 7.20. The number of hydrogen-bond donors (Lipinski definition) is 2. The third-order valence-electron chi connectivity index (χ3n) is 8.75. The molecular weight excluding hydrogens is 508 g/mol. The van der Waals surface area contributed by atoms with Crippen molar-refractivity contribution in [3.8, 4) is 0 Å². The Labute approximate surface area is 227 Å². The van der Waals surface area contributed by atoms with E-state index in [1.54, 1.807) is 29.2 Å². The Morgan fingerprint density at radius 3 is 2.50 bits per heavy atom. The molecule has 38 heavy (non-hydrogen) atoms. The molecule has 9 nitrogen and oxygen atoms in total. The predicted molar refractivity (Wildman–Crippen MR) is 142 cm³/mol. The summed E-state index contributed by atoms with van der Waals surface area (Å²) in [5, 5.41) is 6.74. The molecule has 5 aliphatic rings. The maximum Gasteiger partial charge on any atom is 0.246 e. The van der Waals surface area contributed by atoms with Crippen molar-refractivity contribution in [1.82, 2.24) is 15.1 Å². The first-order chi connectivity index (χ1) is 18.5. The number of fused-ring (bicyclic) bond motifs is 1. The van der Waals surface area contributed by atoms with E-state index in [2.05, 4.69) is 15.5 Å². The highest BCUT2D eigenvalue weighted by Gasteiger charge is 2.72. The zero-order chi connectivity index (χ0) is 26.3. The Morgan fingerprint density at radius 2 is 1.76 bits per heavy atom. The Balaban J connectivity index is 1.26. The number of ether oxygens (including phenoxy) is 2. The van der Waals surface area contributed by atoms with Crippen LogP contribution in [0.3, 0.4) is 0 Å². The molecule has 204 valence electrons. The van der Waals surface area contributed by atoms with Crippen LogP contribution in [-0.4, -0.2) is 90.7 Å². The molecule has 4 aliphatic heterocycles. The Hall–Kier alpha value is -2.46. The molecule has 2 N–H and O–H groups in total. The number of nitrogens with zero attached hydrogens (tertiary/aromatic N) is 2. The summed E-state index contributed by atoms with van der Waals surface area (Å²) in [5.41, 5.74) is -0.547. The van der Waals surface area contributed by atoms with E-state index in [4.69, 9.17) is 21.1 Å². The molecule has 3 saturated heterocycles. The fourth-order valence-corrected chi connectivity index (χ4v) is 6.99. The summed E-state index contributed by atoms with van der Waals surface area (Å²) in [6.45, 7) is 3.94. The average molecular weight is 543 g/mol. The Morgan fingerprint density at radius 1 is 1.03 bits per heavy atom. The number of amides is 3. The molecule has 6 rings (SSSR count). The van der Waals surface area contributed by atoms with Gasteiger partial charge in [-0.05, 0) is 37.1 Å². The highest BCUT2D eigenvalue weighted by molar-refractivity contribution is 6.30. The lowest BCUT2D eigenvalue weighted by Crippen LogP contribution is -2.57. The second kappa shape index (κ2) is 10.6. The van der Waals surface area contributed by atoms with Crippen LogP contribution < -0.4 is 10.6 Å². The first-order valence-electron chi connectivity index (χ1n) is 13.8. The molecule has 3 amide bonds. The van der Waals surface area contributed by atoms with Gasteiger partial charge in [0.15, 0.2) is 0 Å². The van der Waals surface area contributed by atoms with Gasteiger partial charge in [-0.2, -0.15) is 0 Å². The lowest BCUT2D eigenvalue weighted by molar-refractivity contribution is -0.141. The minimum absolute atomic E-state index is 0.106. The van der Waals surface area contributed by atoms with E-state index in [-0.39, 0.29) is 23.8 Å². The van der Waals surface area contributed by atoms with Crippen LogP contribution in [0.2, 0.25) is 5.02 Å². The molecule has 4 fully saturated rings. The largest absolute Gasteiger partial charge is 0.379 e. The van der Waals surface area contributed by atoms with Crippen molar-refractivity contribution in [3.63, 3.8) is 0 Å². The van der Waals surface area contributed by atoms with Gasteiger partial charge in [-0.3, -0.25) is 19.3 Å². The number of benzene rings is 1. The number of nitrogens with one attached hydrogen (secondary N) is 2. The lowest BCUT2D eigenvalue weighted by atomic mass is 9.74. The van der Waals surface area contributed by atoms with Crippen LogP contribution in [0.4, 0.5) is 5.69 Å². The van der Waals surface area contributed by atoms with Crippen LogP contribution in [0.5, 0.6) is 0 Å². The van der Waals surface area contributed by atoms with Crippen molar-refractivity contribution in [2.24, 2.45) is 11.8 Å². The molecule has 5 atom stereocenters. The highest BCUT2D eigenvalue weighted by Crippen LogP contribution is 2.55. The van der Waals surface area contributed by atoms with Crippen LogP contribution in [0.25, 0.3) is 0 Å². The third-order valence-corrected chi connectivity index (χ3v) is 9.00. The van der Waals surface area contributed by atoms with Crippen molar-refractivity contribution in [1.29, 1.82) is 0 Å². The molecule has 0 aromatic heterocycles. The second-order valence-electron chi connectivity index (χ2n) is 11.0. The number of halogens is 1. The van der Waals surface area contributed by atoms with Crippen LogP contribution in [-0.2, 0) is 23.9 Å². The van der Waals surface area contributed by atoms with Crippen molar-refractivity contribution in [2.45, 2.75) is 55.9 Å². The zero-order valence-electron chi connectivity index (χ0n) is 21.4. The molecule has 0 radical (unpaired) electrons. The topological polar surface area (TPSA) is 100 Å². The van der Waals surface area contributed by atoms with Gasteiger partial charge in [0.25, 0.3) is 0 Å². The summed E-state index contributed by atoms with van der Waals surface area (Å²) < 4.78 is 11.9. The smallest absolute Gasteiger partial charge is 0.246 e. The number of carbonyl (C=O) groups excluding carboxylic acids is 3. The molecule has 1 aliphatic carbocycles. The van der Waals surface area contributed by atoms with E-state index in [9.17, 15) is 14.4 Å². The van der Waals surface area contributed by atoms with E-state index in [1.165, 1.54) is 6.42 Å². The molecule has 0 unspecified atom stereocenters. The summed E-state index contributed by atoms with van der Waals surface area (Å²) >= 11 is 6.00. The maximum atomic E-state index is 14.1. The Bertz CT molecular complexity index is 1100. The summed E-state index contributed by atoms with van der Waals surface area (Å²) in [4.78, 5) is 45.4. The molecule has 1 aromatic rings. The molecule has 10 heteroatoms. The summed E-state index contributed by atoms with van der Waals surface area (Å²) in [5.74, 6) is -2.13. The number of carbonyl (C=O) groups is 3. The van der Waals surface area contributed by atoms with Gasteiger partial charge in [-0.15, -0.1) is 0 Å². The SMILES string of the molecule is O=C(Nc1ccc(Cl)cc1)[C@@H]1[C@H]2C=C[C@]3(O2)[C@H](C(=O)NC2CCCCC2)N(CCN2CCOCC2)C(=O)[C@@H]13. The first kappa shape index (κ1) is 25.8. The van der Waals surface area contributed by atoms with Crippen LogP contribution >= 0.6 is 11.6 Å². The van der Waals surface area contributed by atoms with Gasteiger partial charge < -0.3 is 25.0 Å². The number of morpholine rings is 1. The van der Waals surface area contributed by atoms with Crippen LogP contribution in [0.15, 0.2) is 36.4 Å². The lowest BCUT2D eigenvalue weighted by Gasteiger charge is -2.35. The molecule has 4 heterocycles. The fraction of sp³-hybridized carbons (Fsp3) is 0.607. The fourth-order valence-electron chi connectivity index (χ4n) is 6.87. The monoisotopic (exact) mass is 542 g/mol. The molecule has 1 aromatic carbocycles. The van der Waals surface area contributed by atoms with Crippen LogP contribution in [0.1, 0.15) is 32.1 Å². The molecule has 1 spiro atoms. The normalized spacial score (nSPS) is 33.0. The molecule has 1 saturated carbocycles. The zero-order valence-corrected chi connectivity index (χ0v) is 22.2. The van der Waals surface area contributed by atoms with E-state index in [0.29, 0.717) is 37.0 Å². The van der Waals surface area contributed by atoms with Gasteiger partial charge in [-0.1, -0.05) is 43.0 Å². The van der Waals surface area contributed by atoms with Crippen LogP contribution in [0, 0.1) is 11.8 Å². The van der Waals surface area contributed by atoms with Crippen molar-refractivity contribution < 1.29 is 23.9 Å². The average Bonchev–Trinajstić information content (AvgIpc) is 3.57. The molecular formula is C28H35ClN4O5. The van der Waals surface area contributed by atoms with E-state index < -0.39 is 29.6 Å². The quantitative estimate of drug-likeness (QED) is 0.513. The summed E-state index contributed by atoms with van der Waals surface area (Å²) in [7, 11) is 0. The van der Waals surface area contributed by atoms with E-state index >= 15 is 0 Å². The maximum absolute atomic E-state index is 14.1. The standard InChI is InChI=1S/C28H35ClN4O5/c29-18-6-8-20(9-7-18)30-25(34)22-21-10-11-28(38-21)23(22)27(36)33(13-12-32-14-16-37-17-15-32)24(28)26(35)31-19-4-2-1-3-5-19/h6-11,19,21-24H,1-5,12-17H2,(H,30,34)(H,31,35)/t21-,22-,23-,24+,28-/m1/s1. The van der Waals surface area contributed by atoms with Gasteiger partial charge in [0.1, 0.15) is 11.6 Å². The second-order valence-corrected chi connectivity index (χ2v) is 11.5. The number of anilines is 1. The van der Waals surface area contributed by atoms with Crippen molar-refractivity contribution in [3.05, 3.63) is 41.4 Å². The predicted octanol–water partition coefficient (Wildman–Crippen LogP) is 2.21. The van der Waals surface area contributed by atoms with Gasteiger partial charge in [-0.25, -0.2) is 0 Å². The van der Waals surface area contributed by atoms with Crippen molar-refractivity contribution >= 4 is 35.0 Å². The third kappa shape index (κ3) is 4.63. The van der Waals surface area contributed by atoms with Gasteiger partial charge in [0.2, 0.25) is 17.7 Å². The number of rotatable bonds is 7. The minimum Gasteiger partial charge on any atom is -0.379 e. The minimum atomic E-state index is -1.15. The highest BCUT2D eigenvalue weighted by atomic mass is 35.5. The van der Waals surface area contributed by atoms with E-state index in [1.807, 2.05) is 12.2 Å².